The van der Waals surface area contributed by atoms with Crippen molar-refractivity contribution >= 4 is 48.9 Å². The molecule has 2 aromatic heterocycles. The average molecular weight is 462 g/mol. The quantitative estimate of drug-likeness (QED) is 0.628. The molecule has 1 N–H and O–H groups in total. The van der Waals surface area contributed by atoms with Gasteiger partial charge in [0.15, 0.2) is 14.9 Å². The highest BCUT2D eigenvalue weighted by Crippen LogP contribution is 2.62. The van der Waals surface area contributed by atoms with Crippen molar-refractivity contribution in [1.29, 1.82) is 0 Å². The molecule has 0 aliphatic heterocycles. The predicted octanol–water partition coefficient (Wildman–Crippen LogP) is 4.20. The van der Waals surface area contributed by atoms with E-state index >= 15 is 0 Å². The molecule has 2 aliphatic rings. The first-order valence-electron chi connectivity index (χ1n) is 9.74. The molecule has 2 saturated carbocycles. The second-order valence-electron chi connectivity index (χ2n) is 8.50. The molecule has 30 heavy (non-hydrogen) atoms. The minimum absolute atomic E-state index is 0.0841. The van der Waals surface area contributed by atoms with Crippen molar-refractivity contribution in [2.24, 2.45) is 5.41 Å². The number of sulfone groups is 1. The first kappa shape index (κ1) is 19.9. The third-order valence-electron chi connectivity index (χ3n) is 6.15. The van der Waals surface area contributed by atoms with Crippen molar-refractivity contribution in [2.45, 2.75) is 42.7 Å². The van der Waals surface area contributed by atoms with Crippen LogP contribution in [0.15, 0.2) is 41.6 Å². The Morgan fingerprint density at radius 3 is 2.70 bits per heavy atom. The molecule has 6 nitrogen and oxygen atoms in total. The van der Waals surface area contributed by atoms with Crippen molar-refractivity contribution in [3.8, 4) is 0 Å². The topological polar surface area (TPSA) is 89.0 Å². The summed E-state index contributed by atoms with van der Waals surface area (Å²) in [5.74, 6) is 0.233. The number of halogens is 1. The number of amides is 1. The van der Waals surface area contributed by atoms with Gasteiger partial charge in [0.05, 0.1) is 15.2 Å². The summed E-state index contributed by atoms with van der Waals surface area (Å²) in [7, 11) is -3.44. The summed E-state index contributed by atoms with van der Waals surface area (Å²) in [6.45, 7) is 0. The summed E-state index contributed by atoms with van der Waals surface area (Å²) in [5, 5.41) is 4.83. The Labute approximate surface area is 183 Å². The molecule has 9 heteroatoms. The number of fused-ring (bicyclic) bond motifs is 1. The molecule has 1 aromatic carbocycles. The van der Waals surface area contributed by atoms with Gasteiger partial charge in [-0.25, -0.2) is 18.4 Å². The monoisotopic (exact) mass is 461 g/mol. The molecule has 156 valence electrons. The van der Waals surface area contributed by atoms with Gasteiger partial charge >= 0.3 is 0 Å². The lowest BCUT2D eigenvalue weighted by Gasteiger charge is -2.57. The highest BCUT2D eigenvalue weighted by molar-refractivity contribution is 7.90. The lowest BCUT2D eigenvalue weighted by atomic mass is 9.50. The Hall–Kier alpha value is -2.03. The van der Waals surface area contributed by atoms with Crippen LogP contribution in [0, 0.1) is 5.41 Å². The second kappa shape index (κ2) is 7.00. The Balaban J connectivity index is 1.18. The van der Waals surface area contributed by atoms with Crippen LogP contribution in [0.3, 0.4) is 0 Å². The maximum atomic E-state index is 12.5. The SMILES string of the molecule is CS(=O)(=O)c1cc(C(=O)N[C@H]2CC3(C2)C[C@H](c2nc4cc(Cl)ccc4s2)C3)ccn1. The first-order valence-corrected chi connectivity index (χ1v) is 12.8. The fraction of sp³-hybridized carbons (Fsp3) is 0.381. The number of nitrogens with one attached hydrogen (secondary N) is 1. The predicted molar refractivity (Wildman–Crippen MR) is 117 cm³/mol. The lowest BCUT2D eigenvalue weighted by molar-refractivity contribution is -0.0187. The molecule has 2 heterocycles. The number of nitrogens with zero attached hydrogens (tertiary/aromatic N) is 2. The van der Waals surface area contributed by atoms with Gasteiger partial charge in [-0.2, -0.15) is 0 Å². The first-order chi connectivity index (χ1) is 14.2. The van der Waals surface area contributed by atoms with Crippen molar-refractivity contribution in [3.63, 3.8) is 0 Å². The molecule has 5 rings (SSSR count). The number of hydrogen-bond acceptors (Lipinski definition) is 6. The van der Waals surface area contributed by atoms with Gasteiger partial charge in [-0.3, -0.25) is 4.79 Å². The molecule has 1 spiro atoms. The zero-order valence-electron chi connectivity index (χ0n) is 16.3. The summed E-state index contributed by atoms with van der Waals surface area (Å²) in [6, 6.07) is 8.83. The Morgan fingerprint density at radius 2 is 1.97 bits per heavy atom. The van der Waals surface area contributed by atoms with Crippen molar-refractivity contribution in [2.75, 3.05) is 6.26 Å². The Bertz CT molecular complexity index is 1260. The smallest absolute Gasteiger partial charge is 0.251 e. The molecule has 0 unspecified atom stereocenters. The average Bonchev–Trinajstić information content (AvgIpc) is 3.04. The Morgan fingerprint density at radius 1 is 1.20 bits per heavy atom. The molecule has 0 radical (unpaired) electrons. The summed E-state index contributed by atoms with van der Waals surface area (Å²) in [5.41, 5.74) is 1.59. The molecular formula is C21H20ClN3O3S2. The van der Waals surface area contributed by atoms with E-state index < -0.39 is 9.84 Å². The minimum Gasteiger partial charge on any atom is -0.349 e. The van der Waals surface area contributed by atoms with Gasteiger partial charge in [-0.15, -0.1) is 11.3 Å². The number of pyridine rings is 1. The molecule has 1 amide bonds. The van der Waals surface area contributed by atoms with Crippen LogP contribution in [-0.2, 0) is 9.84 Å². The minimum atomic E-state index is -3.44. The molecule has 2 aliphatic carbocycles. The lowest BCUT2D eigenvalue weighted by Crippen LogP contribution is -2.55. The maximum absolute atomic E-state index is 12.5. The molecule has 2 fully saturated rings. The molecule has 0 atom stereocenters. The van der Waals surface area contributed by atoms with E-state index in [1.165, 1.54) is 28.0 Å². The number of thiazole rings is 1. The summed E-state index contributed by atoms with van der Waals surface area (Å²) >= 11 is 7.80. The number of benzene rings is 1. The van der Waals surface area contributed by atoms with Crippen molar-refractivity contribution in [3.05, 3.63) is 52.1 Å². The van der Waals surface area contributed by atoms with E-state index in [4.69, 9.17) is 16.6 Å². The largest absolute Gasteiger partial charge is 0.349 e. The van der Waals surface area contributed by atoms with E-state index in [0.717, 1.165) is 37.5 Å². The van der Waals surface area contributed by atoms with E-state index in [-0.39, 0.29) is 17.0 Å². The summed E-state index contributed by atoms with van der Waals surface area (Å²) < 4.78 is 24.5. The van der Waals surface area contributed by atoms with Gasteiger partial charge in [-0.05, 0) is 61.4 Å². The molecule has 0 bridgehead atoms. The van der Waals surface area contributed by atoms with E-state index in [1.54, 1.807) is 11.3 Å². The second-order valence-corrected chi connectivity index (χ2v) is 12.0. The van der Waals surface area contributed by atoms with Crippen LogP contribution in [0.1, 0.15) is 47.0 Å². The van der Waals surface area contributed by atoms with Gasteiger partial charge in [-0.1, -0.05) is 11.6 Å². The normalized spacial score (nSPS) is 25.7. The standard InChI is InChI=1S/C21H20ClN3O3S2/c1-30(27,28)18-6-12(4-5-23-18)19(26)24-15-10-21(11-15)8-13(9-21)20-25-16-7-14(22)2-3-17(16)29-20/h2-7,13,15H,8-11H2,1H3,(H,24,26)/t13-,15-,21?. The number of rotatable bonds is 4. The fourth-order valence-electron chi connectivity index (χ4n) is 4.70. The van der Waals surface area contributed by atoms with E-state index in [9.17, 15) is 13.2 Å². The number of aromatic nitrogens is 2. The molecule has 0 saturated heterocycles. The van der Waals surface area contributed by atoms with Crippen LogP contribution >= 0.6 is 22.9 Å². The fourth-order valence-corrected chi connectivity index (χ4v) is 6.50. The summed E-state index contributed by atoms with van der Waals surface area (Å²) in [6.07, 6.45) is 6.54. The maximum Gasteiger partial charge on any atom is 0.251 e. The van der Waals surface area contributed by atoms with Crippen LogP contribution in [0.25, 0.3) is 10.2 Å². The Kier molecular flexibility index (Phi) is 4.65. The van der Waals surface area contributed by atoms with Crippen LogP contribution in [0.2, 0.25) is 5.02 Å². The van der Waals surface area contributed by atoms with Gasteiger partial charge in [0.2, 0.25) is 0 Å². The zero-order chi connectivity index (χ0) is 21.1. The zero-order valence-corrected chi connectivity index (χ0v) is 18.6. The van der Waals surface area contributed by atoms with Crippen molar-refractivity contribution in [1.82, 2.24) is 15.3 Å². The van der Waals surface area contributed by atoms with Crippen LogP contribution in [0.5, 0.6) is 0 Å². The highest BCUT2D eigenvalue weighted by Gasteiger charge is 2.54. The third-order valence-corrected chi connectivity index (χ3v) is 8.56. The van der Waals surface area contributed by atoms with Gasteiger partial charge in [0.25, 0.3) is 5.91 Å². The van der Waals surface area contributed by atoms with Crippen LogP contribution < -0.4 is 5.32 Å². The van der Waals surface area contributed by atoms with Crippen LogP contribution in [0.4, 0.5) is 0 Å². The van der Waals surface area contributed by atoms with E-state index in [2.05, 4.69) is 10.3 Å². The van der Waals surface area contributed by atoms with Gasteiger partial charge in [0.1, 0.15) is 0 Å². The summed E-state index contributed by atoms with van der Waals surface area (Å²) in [4.78, 5) is 21.1. The molecular weight excluding hydrogens is 442 g/mol. The van der Waals surface area contributed by atoms with E-state index in [0.29, 0.717) is 21.9 Å². The third kappa shape index (κ3) is 3.61. The number of carbonyl (C=O) groups excluding carboxylic acids is 1. The van der Waals surface area contributed by atoms with Crippen LogP contribution in [-0.4, -0.2) is 36.6 Å². The van der Waals surface area contributed by atoms with Gasteiger partial charge < -0.3 is 5.32 Å². The number of hydrogen-bond donors (Lipinski definition) is 1. The highest BCUT2D eigenvalue weighted by atomic mass is 35.5. The van der Waals surface area contributed by atoms with Crippen molar-refractivity contribution < 1.29 is 13.2 Å². The van der Waals surface area contributed by atoms with Gasteiger partial charge in [0, 0.05) is 35.0 Å². The van der Waals surface area contributed by atoms with E-state index in [1.807, 2.05) is 18.2 Å². The molecule has 3 aromatic rings. The number of carbonyl (C=O) groups is 1.